The molecule has 0 spiro atoms. The van der Waals surface area contributed by atoms with Crippen molar-refractivity contribution in [1.82, 2.24) is 10.3 Å². The van der Waals surface area contributed by atoms with Gasteiger partial charge in [0.2, 0.25) is 0 Å². The van der Waals surface area contributed by atoms with Crippen LogP contribution in [0.1, 0.15) is 43.8 Å². The summed E-state index contributed by atoms with van der Waals surface area (Å²) >= 11 is 1.89. The molecule has 2 unspecified atom stereocenters. The smallest absolute Gasteiger partial charge is 0.0969 e. The van der Waals surface area contributed by atoms with Crippen molar-refractivity contribution < 1.29 is 0 Å². The van der Waals surface area contributed by atoms with E-state index in [0.29, 0.717) is 12.0 Å². The molecule has 1 heterocycles. The molecule has 1 saturated carbocycles. The first-order valence-electron chi connectivity index (χ1n) is 7.43. The van der Waals surface area contributed by atoms with Gasteiger partial charge in [-0.2, -0.15) is 0 Å². The molecule has 1 aliphatic carbocycles. The van der Waals surface area contributed by atoms with Crippen molar-refractivity contribution in [1.29, 1.82) is 0 Å². The normalized spacial score (nSPS) is 21.4. The Labute approximate surface area is 125 Å². The van der Waals surface area contributed by atoms with Gasteiger partial charge in [-0.3, -0.25) is 0 Å². The van der Waals surface area contributed by atoms with E-state index in [1.165, 1.54) is 27.6 Å². The van der Waals surface area contributed by atoms with Gasteiger partial charge in [0.15, 0.2) is 0 Å². The number of thiazole rings is 1. The minimum atomic E-state index is 0.489. The Morgan fingerprint density at radius 1 is 1.30 bits per heavy atom. The van der Waals surface area contributed by atoms with Crippen LogP contribution in [-0.4, -0.2) is 11.0 Å². The van der Waals surface area contributed by atoms with Crippen LogP contribution in [0.25, 0.3) is 10.4 Å². The monoisotopic (exact) mass is 286 g/mol. The van der Waals surface area contributed by atoms with Gasteiger partial charge in [0.05, 0.1) is 15.6 Å². The largest absolute Gasteiger partial charge is 0.309 e. The maximum Gasteiger partial charge on any atom is 0.0969 e. The molecule has 1 aliphatic rings. The molecule has 2 nitrogen and oxygen atoms in total. The number of benzene rings is 1. The zero-order valence-corrected chi connectivity index (χ0v) is 13.2. The average Bonchev–Trinajstić information content (AvgIpc) is 3.02. The zero-order valence-electron chi connectivity index (χ0n) is 12.4. The topological polar surface area (TPSA) is 24.9 Å². The van der Waals surface area contributed by atoms with Crippen molar-refractivity contribution in [2.24, 2.45) is 5.92 Å². The summed E-state index contributed by atoms with van der Waals surface area (Å²) in [6.07, 6.45) is 1.30. The third-order valence-corrected chi connectivity index (χ3v) is 5.13. The predicted octanol–water partition coefficient (Wildman–Crippen LogP) is 4.43. The first-order valence-corrected chi connectivity index (χ1v) is 8.25. The van der Waals surface area contributed by atoms with Crippen molar-refractivity contribution in [2.75, 3.05) is 0 Å². The van der Waals surface area contributed by atoms with Crippen LogP contribution in [0, 0.1) is 5.92 Å². The third-order valence-electron chi connectivity index (χ3n) is 3.85. The maximum absolute atomic E-state index is 4.93. The van der Waals surface area contributed by atoms with Crippen molar-refractivity contribution in [3.8, 4) is 10.4 Å². The molecule has 0 saturated heterocycles. The zero-order chi connectivity index (χ0) is 14.1. The average molecular weight is 286 g/mol. The van der Waals surface area contributed by atoms with Crippen molar-refractivity contribution in [3.63, 3.8) is 0 Å². The highest BCUT2D eigenvalue weighted by molar-refractivity contribution is 7.15. The fourth-order valence-electron chi connectivity index (χ4n) is 2.43. The second-order valence-electron chi connectivity index (χ2n) is 6.05. The molecule has 3 heteroatoms. The van der Waals surface area contributed by atoms with Crippen LogP contribution in [0.5, 0.6) is 0 Å². The Kier molecular flexibility index (Phi) is 3.90. The van der Waals surface area contributed by atoms with Crippen molar-refractivity contribution >= 4 is 11.3 Å². The van der Waals surface area contributed by atoms with Crippen molar-refractivity contribution in [2.45, 2.75) is 45.7 Å². The molecule has 1 fully saturated rings. The molecule has 0 amide bonds. The standard InChI is InChI=1S/C17H22N2S/c1-11(2)18-10-15-16(13-7-5-4-6-8-13)20-17(19-15)14-9-12(14)3/h4-8,11-12,14,18H,9-10H2,1-3H3. The van der Waals surface area contributed by atoms with Crippen LogP contribution in [0.3, 0.4) is 0 Å². The van der Waals surface area contributed by atoms with E-state index in [4.69, 9.17) is 4.98 Å². The Hall–Kier alpha value is -1.19. The maximum atomic E-state index is 4.93. The summed E-state index contributed by atoms with van der Waals surface area (Å²) in [5.74, 6) is 1.52. The quantitative estimate of drug-likeness (QED) is 0.879. The first-order chi connectivity index (χ1) is 9.65. The van der Waals surface area contributed by atoms with E-state index in [0.717, 1.165) is 12.5 Å². The lowest BCUT2D eigenvalue weighted by atomic mass is 10.1. The van der Waals surface area contributed by atoms with E-state index in [1.54, 1.807) is 0 Å². The highest BCUT2D eigenvalue weighted by Gasteiger charge is 2.37. The summed E-state index contributed by atoms with van der Waals surface area (Å²) in [4.78, 5) is 6.27. The Morgan fingerprint density at radius 2 is 2.00 bits per heavy atom. The van der Waals surface area contributed by atoms with Crippen LogP contribution >= 0.6 is 11.3 Å². The first kappa shape index (κ1) is 13.8. The second-order valence-corrected chi connectivity index (χ2v) is 7.08. The fraction of sp³-hybridized carbons (Fsp3) is 0.471. The molecule has 1 N–H and O–H groups in total. The van der Waals surface area contributed by atoms with Gasteiger partial charge in [0, 0.05) is 18.5 Å². The van der Waals surface area contributed by atoms with Crippen molar-refractivity contribution in [3.05, 3.63) is 41.0 Å². The van der Waals surface area contributed by atoms with E-state index in [2.05, 4.69) is 56.4 Å². The minimum absolute atomic E-state index is 0.489. The molecule has 2 atom stereocenters. The van der Waals surface area contributed by atoms with Gasteiger partial charge in [0.1, 0.15) is 0 Å². The van der Waals surface area contributed by atoms with E-state index in [1.807, 2.05) is 11.3 Å². The molecule has 3 rings (SSSR count). The summed E-state index contributed by atoms with van der Waals surface area (Å²) in [6, 6.07) is 11.1. The summed E-state index contributed by atoms with van der Waals surface area (Å²) < 4.78 is 0. The number of aromatic nitrogens is 1. The number of nitrogens with one attached hydrogen (secondary N) is 1. The summed E-state index contributed by atoms with van der Waals surface area (Å²) in [6.45, 7) is 7.54. The van der Waals surface area contributed by atoms with Crippen LogP contribution < -0.4 is 5.32 Å². The molecule has 2 aromatic rings. The van der Waals surface area contributed by atoms with Crippen LogP contribution in [0.15, 0.2) is 30.3 Å². The highest BCUT2D eigenvalue weighted by Crippen LogP contribution is 2.49. The van der Waals surface area contributed by atoms with Gasteiger partial charge in [-0.15, -0.1) is 11.3 Å². The lowest BCUT2D eigenvalue weighted by Crippen LogP contribution is -2.22. The minimum Gasteiger partial charge on any atom is -0.309 e. The van der Waals surface area contributed by atoms with Gasteiger partial charge in [-0.25, -0.2) is 4.98 Å². The van der Waals surface area contributed by atoms with Crippen LogP contribution in [-0.2, 0) is 6.54 Å². The van der Waals surface area contributed by atoms with Crippen LogP contribution in [0.2, 0.25) is 0 Å². The summed E-state index contributed by atoms with van der Waals surface area (Å²) in [7, 11) is 0. The Bertz CT molecular complexity index is 574. The van der Waals surface area contributed by atoms with Gasteiger partial charge in [-0.1, -0.05) is 51.1 Å². The fourth-order valence-corrected chi connectivity index (χ4v) is 3.76. The predicted molar refractivity (Wildman–Crippen MR) is 86.0 cm³/mol. The molecular formula is C17H22N2S. The number of nitrogens with zero attached hydrogens (tertiary/aromatic N) is 1. The second kappa shape index (κ2) is 5.66. The van der Waals surface area contributed by atoms with E-state index < -0.39 is 0 Å². The summed E-state index contributed by atoms with van der Waals surface area (Å²) in [5.41, 5.74) is 2.51. The van der Waals surface area contributed by atoms with Gasteiger partial charge >= 0.3 is 0 Å². The molecule has 0 bridgehead atoms. The molecule has 1 aromatic carbocycles. The summed E-state index contributed by atoms with van der Waals surface area (Å²) in [5, 5.41) is 4.83. The Morgan fingerprint density at radius 3 is 2.60 bits per heavy atom. The van der Waals surface area contributed by atoms with Gasteiger partial charge in [0.25, 0.3) is 0 Å². The van der Waals surface area contributed by atoms with E-state index >= 15 is 0 Å². The van der Waals surface area contributed by atoms with Gasteiger partial charge < -0.3 is 5.32 Å². The lowest BCUT2D eigenvalue weighted by molar-refractivity contribution is 0.582. The Balaban J connectivity index is 1.91. The number of rotatable bonds is 5. The molecule has 1 aromatic heterocycles. The molecule has 0 aliphatic heterocycles. The van der Waals surface area contributed by atoms with E-state index in [-0.39, 0.29) is 0 Å². The highest BCUT2D eigenvalue weighted by atomic mass is 32.1. The number of hydrogen-bond acceptors (Lipinski definition) is 3. The number of hydrogen-bond donors (Lipinski definition) is 1. The molecule has 20 heavy (non-hydrogen) atoms. The molecule has 0 radical (unpaired) electrons. The lowest BCUT2D eigenvalue weighted by Gasteiger charge is -2.07. The van der Waals surface area contributed by atoms with Crippen LogP contribution in [0.4, 0.5) is 0 Å². The van der Waals surface area contributed by atoms with Gasteiger partial charge in [-0.05, 0) is 17.9 Å². The van der Waals surface area contributed by atoms with E-state index in [9.17, 15) is 0 Å². The SMILES string of the molecule is CC(C)NCc1nc(C2CC2C)sc1-c1ccccc1. The third kappa shape index (κ3) is 2.94. The molecule has 106 valence electrons. The molecular weight excluding hydrogens is 264 g/mol.